The lowest BCUT2D eigenvalue weighted by Gasteiger charge is -2.33. The van der Waals surface area contributed by atoms with E-state index in [1.165, 1.54) is 0 Å². The fourth-order valence-corrected chi connectivity index (χ4v) is 3.84. The predicted molar refractivity (Wildman–Crippen MR) is 117 cm³/mol. The topological polar surface area (TPSA) is 70.3 Å². The maximum absolute atomic E-state index is 9.49. The van der Waals surface area contributed by atoms with Crippen LogP contribution in [0.4, 0.5) is 5.82 Å². The molecule has 3 heterocycles. The van der Waals surface area contributed by atoms with Gasteiger partial charge < -0.3 is 19.5 Å². The van der Waals surface area contributed by atoms with Crippen molar-refractivity contribution in [2.75, 3.05) is 38.1 Å². The van der Waals surface area contributed by atoms with Crippen molar-refractivity contribution in [1.29, 1.82) is 0 Å². The summed E-state index contributed by atoms with van der Waals surface area (Å²) in [5, 5.41) is 10.1. The third-order valence-corrected chi connectivity index (χ3v) is 5.56. The molecule has 0 atom stereocenters. The first-order valence-electron chi connectivity index (χ1n) is 9.71. The number of rotatable bonds is 4. The van der Waals surface area contributed by atoms with Gasteiger partial charge in [0.05, 0.1) is 17.8 Å². The second kappa shape index (κ2) is 8.00. The summed E-state index contributed by atoms with van der Waals surface area (Å²) < 4.78 is 2.01. The van der Waals surface area contributed by atoms with Crippen molar-refractivity contribution < 1.29 is 5.11 Å². The second-order valence-electron chi connectivity index (χ2n) is 7.53. The number of imidazole rings is 1. The van der Waals surface area contributed by atoms with E-state index in [0.29, 0.717) is 17.4 Å². The Hall–Kier alpha value is -2.64. The lowest BCUT2D eigenvalue weighted by atomic mass is 10.2. The number of anilines is 1. The molecule has 0 spiro atoms. The minimum absolute atomic E-state index is 0.464. The number of hydrogen-bond acceptors (Lipinski definition) is 6. The van der Waals surface area contributed by atoms with E-state index in [9.17, 15) is 5.11 Å². The van der Waals surface area contributed by atoms with Crippen molar-refractivity contribution in [3.63, 3.8) is 0 Å². The molecule has 2 aromatic heterocycles. The molecule has 7 nitrogen and oxygen atoms in total. The summed E-state index contributed by atoms with van der Waals surface area (Å²) in [6, 6.07) is 7.65. The van der Waals surface area contributed by atoms with E-state index < -0.39 is 0 Å². The van der Waals surface area contributed by atoms with Crippen molar-refractivity contribution in [3.8, 4) is 11.4 Å². The summed E-state index contributed by atoms with van der Waals surface area (Å²) in [5.74, 6) is 2.28. The summed E-state index contributed by atoms with van der Waals surface area (Å²) in [6.07, 6.45) is 1.12. The minimum Gasteiger partial charge on any atom is -0.516 e. The second-order valence-corrected chi connectivity index (χ2v) is 7.94. The predicted octanol–water partition coefficient (Wildman–Crippen LogP) is 3.67. The van der Waals surface area contributed by atoms with Crippen LogP contribution in [0.1, 0.15) is 12.7 Å². The van der Waals surface area contributed by atoms with E-state index >= 15 is 0 Å². The van der Waals surface area contributed by atoms with Gasteiger partial charge in [0.25, 0.3) is 0 Å². The molecule has 8 heteroatoms. The van der Waals surface area contributed by atoms with Crippen LogP contribution in [0.25, 0.3) is 22.6 Å². The number of fused-ring (bicyclic) bond motifs is 1. The van der Waals surface area contributed by atoms with Crippen molar-refractivity contribution in [3.05, 3.63) is 46.9 Å². The third kappa shape index (κ3) is 3.80. The number of aromatic nitrogens is 4. The fourth-order valence-electron chi connectivity index (χ4n) is 3.62. The van der Waals surface area contributed by atoms with Gasteiger partial charge in [-0.3, -0.25) is 0 Å². The van der Waals surface area contributed by atoms with E-state index in [-0.39, 0.29) is 0 Å². The average molecular weight is 413 g/mol. The Balaban J connectivity index is 1.94. The zero-order valence-electron chi connectivity index (χ0n) is 16.9. The Morgan fingerprint density at radius 2 is 1.86 bits per heavy atom. The minimum atomic E-state index is 0.464. The largest absolute Gasteiger partial charge is 0.516 e. The average Bonchev–Trinajstić information content (AvgIpc) is 3.06. The number of aliphatic hydroxyl groups excluding tert-OH is 1. The van der Waals surface area contributed by atoms with E-state index in [1.54, 1.807) is 0 Å². The van der Waals surface area contributed by atoms with Gasteiger partial charge >= 0.3 is 0 Å². The molecule has 0 amide bonds. The van der Waals surface area contributed by atoms with Crippen LogP contribution in [0.5, 0.6) is 0 Å². The Kier molecular flexibility index (Phi) is 5.43. The van der Waals surface area contributed by atoms with Gasteiger partial charge in [0.15, 0.2) is 17.0 Å². The van der Waals surface area contributed by atoms with E-state index in [2.05, 4.69) is 16.8 Å². The Labute approximate surface area is 175 Å². The van der Waals surface area contributed by atoms with Gasteiger partial charge in [-0.1, -0.05) is 23.7 Å². The monoisotopic (exact) mass is 412 g/mol. The highest BCUT2D eigenvalue weighted by Crippen LogP contribution is 2.33. The molecular formula is C21H25ClN6O. The zero-order chi connectivity index (χ0) is 20.5. The van der Waals surface area contributed by atoms with Crippen LogP contribution in [0.3, 0.4) is 0 Å². The molecule has 0 unspecified atom stereocenters. The van der Waals surface area contributed by atoms with Gasteiger partial charge in [-0.25, -0.2) is 15.0 Å². The number of benzene rings is 1. The maximum atomic E-state index is 9.49. The summed E-state index contributed by atoms with van der Waals surface area (Å²) in [4.78, 5) is 19.0. The summed E-state index contributed by atoms with van der Waals surface area (Å²) >= 11 is 6.50. The van der Waals surface area contributed by atoms with Crippen LogP contribution in [0.2, 0.25) is 5.02 Å². The van der Waals surface area contributed by atoms with Crippen LogP contribution in [0, 0.1) is 6.92 Å². The molecule has 1 aromatic carbocycles. The van der Waals surface area contributed by atoms with Gasteiger partial charge in [-0.15, -0.1) is 0 Å². The molecule has 1 saturated heterocycles. The highest BCUT2D eigenvalue weighted by Gasteiger charge is 2.24. The van der Waals surface area contributed by atoms with Crippen LogP contribution in [-0.2, 0) is 6.54 Å². The van der Waals surface area contributed by atoms with Crippen molar-refractivity contribution >= 4 is 28.6 Å². The lowest BCUT2D eigenvalue weighted by Crippen LogP contribution is -2.45. The number of piperazine rings is 1. The highest BCUT2D eigenvalue weighted by molar-refractivity contribution is 6.33. The number of aliphatic hydroxyl groups is 1. The van der Waals surface area contributed by atoms with E-state index in [4.69, 9.17) is 26.6 Å². The number of halogens is 1. The number of allylic oxidation sites excluding steroid dienone is 1. The molecule has 152 valence electrons. The third-order valence-electron chi connectivity index (χ3n) is 5.23. The molecule has 4 rings (SSSR count). The summed E-state index contributed by atoms with van der Waals surface area (Å²) in [5.41, 5.74) is 3.15. The standard InChI is InChI=1S/C21H25ClN6O/c1-14(13-29)12-28-19(16-6-4-5-7-17(16)22)25-18-20(23-15(2)24-21(18)28)27-10-8-26(3)9-11-27/h4-7,13,29H,8-12H2,1-3H3/b14-13+. The summed E-state index contributed by atoms with van der Waals surface area (Å²) in [6.45, 7) is 7.99. The molecular weight excluding hydrogens is 388 g/mol. The first kappa shape index (κ1) is 19.7. The smallest absolute Gasteiger partial charge is 0.166 e. The normalized spacial score (nSPS) is 16.0. The summed E-state index contributed by atoms with van der Waals surface area (Å²) in [7, 11) is 2.13. The van der Waals surface area contributed by atoms with Gasteiger partial charge in [0, 0.05) is 31.7 Å². The number of nitrogens with zero attached hydrogens (tertiary/aromatic N) is 6. The van der Waals surface area contributed by atoms with Crippen LogP contribution >= 0.6 is 11.6 Å². The zero-order valence-corrected chi connectivity index (χ0v) is 17.7. The lowest BCUT2D eigenvalue weighted by molar-refractivity contribution is 0.312. The van der Waals surface area contributed by atoms with Gasteiger partial charge in [-0.2, -0.15) is 0 Å². The number of aryl methyl sites for hydroxylation is 1. The SMILES string of the molecule is C/C(=C\O)Cn1c(-c2ccccc2Cl)nc2c(N3CCN(C)CC3)nc(C)nc21. The van der Waals surface area contributed by atoms with Gasteiger partial charge in [-0.05, 0) is 38.6 Å². The number of likely N-dealkylation sites (N-methyl/N-ethyl adjacent to an activating group) is 1. The fraction of sp³-hybridized carbons (Fsp3) is 0.381. The molecule has 0 radical (unpaired) electrons. The molecule has 0 bridgehead atoms. The first-order chi connectivity index (χ1) is 14.0. The Morgan fingerprint density at radius 3 is 2.55 bits per heavy atom. The molecule has 0 saturated carbocycles. The van der Waals surface area contributed by atoms with Gasteiger partial charge in [0.1, 0.15) is 11.6 Å². The molecule has 1 N–H and O–H groups in total. The van der Waals surface area contributed by atoms with Crippen molar-refractivity contribution in [2.24, 2.45) is 0 Å². The van der Waals surface area contributed by atoms with Crippen molar-refractivity contribution in [2.45, 2.75) is 20.4 Å². The van der Waals surface area contributed by atoms with Crippen LogP contribution in [0.15, 0.2) is 36.1 Å². The maximum Gasteiger partial charge on any atom is 0.166 e. The Morgan fingerprint density at radius 1 is 1.14 bits per heavy atom. The molecule has 29 heavy (non-hydrogen) atoms. The Bertz CT molecular complexity index is 1070. The molecule has 1 fully saturated rings. The molecule has 0 aliphatic carbocycles. The molecule has 1 aliphatic heterocycles. The first-order valence-corrected chi connectivity index (χ1v) is 10.1. The van der Waals surface area contributed by atoms with E-state index in [0.717, 1.165) is 66.4 Å². The molecule has 1 aliphatic rings. The van der Waals surface area contributed by atoms with Crippen LogP contribution in [-0.4, -0.2) is 62.8 Å². The quantitative estimate of drug-likeness (QED) is 0.659. The van der Waals surface area contributed by atoms with E-state index in [1.807, 2.05) is 42.7 Å². The molecule has 3 aromatic rings. The van der Waals surface area contributed by atoms with Gasteiger partial charge in [0.2, 0.25) is 0 Å². The number of hydrogen-bond donors (Lipinski definition) is 1. The highest BCUT2D eigenvalue weighted by atomic mass is 35.5. The van der Waals surface area contributed by atoms with Crippen LogP contribution < -0.4 is 4.90 Å². The van der Waals surface area contributed by atoms with Crippen molar-refractivity contribution in [1.82, 2.24) is 24.4 Å².